The summed E-state index contributed by atoms with van der Waals surface area (Å²) in [6, 6.07) is 3.33. The van der Waals surface area contributed by atoms with E-state index in [0.717, 1.165) is 62.4 Å². The maximum absolute atomic E-state index is 14.6. The van der Waals surface area contributed by atoms with Gasteiger partial charge in [-0.2, -0.15) is 4.39 Å². The largest absolute Gasteiger partial charge is 0.490 e. The predicted octanol–water partition coefficient (Wildman–Crippen LogP) is 9.84. The molecule has 0 amide bonds. The van der Waals surface area contributed by atoms with Crippen LogP contribution in [-0.4, -0.2) is 19.3 Å². The quantitative estimate of drug-likeness (QED) is 0.187. The van der Waals surface area contributed by atoms with E-state index in [1.807, 2.05) is 0 Å². The molecule has 3 aliphatic rings. The highest BCUT2D eigenvalue weighted by molar-refractivity contribution is 5.31. The molecule has 3 aliphatic carbocycles. The van der Waals surface area contributed by atoms with Crippen molar-refractivity contribution in [3.8, 4) is 5.75 Å². The minimum atomic E-state index is -0.812. The van der Waals surface area contributed by atoms with Crippen molar-refractivity contribution in [1.82, 2.24) is 0 Å². The molecule has 0 spiro atoms. The minimum Gasteiger partial charge on any atom is -0.490 e. The number of unbranched alkanes of at least 4 members (excludes halogenated alkanes) is 2. The molecule has 4 heteroatoms. The van der Waals surface area contributed by atoms with Gasteiger partial charge in [0.25, 0.3) is 0 Å². The van der Waals surface area contributed by atoms with Crippen molar-refractivity contribution in [1.29, 1.82) is 0 Å². The van der Waals surface area contributed by atoms with Crippen LogP contribution in [0.2, 0.25) is 0 Å². The van der Waals surface area contributed by atoms with Gasteiger partial charge < -0.3 is 9.47 Å². The fourth-order valence-electron chi connectivity index (χ4n) is 7.24. The van der Waals surface area contributed by atoms with Gasteiger partial charge in [0.2, 0.25) is 5.82 Å². The standard InChI is InChI=1S/C34H52F2O2/c1-3-5-6-7-30-20-23-32(34(36)33(30)35)38-24-27-12-18-29(19-13-27)28-16-10-25(11-17-28)8-9-26-14-21-31(22-15-26)37-4-2/h10,16,20,23,25-29,31H,3-9,11-15,17-19,21-22,24H2,1-2H3. The van der Waals surface area contributed by atoms with Crippen LogP contribution in [0.15, 0.2) is 24.3 Å². The summed E-state index contributed by atoms with van der Waals surface area (Å²) in [4.78, 5) is 0. The summed E-state index contributed by atoms with van der Waals surface area (Å²) in [5.41, 5.74) is 0.469. The van der Waals surface area contributed by atoms with Crippen LogP contribution in [0.25, 0.3) is 0 Å². The van der Waals surface area contributed by atoms with E-state index in [-0.39, 0.29) is 5.75 Å². The maximum atomic E-state index is 14.6. The minimum absolute atomic E-state index is 0.0763. The van der Waals surface area contributed by atoms with Crippen molar-refractivity contribution in [2.75, 3.05) is 13.2 Å². The normalized spacial score (nSPS) is 29.9. The van der Waals surface area contributed by atoms with Crippen LogP contribution >= 0.6 is 0 Å². The van der Waals surface area contributed by atoms with E-state index in [1.54, 1.807) is 12.1 Å². The van der Waals surface area contributed by atoms with Crippen LogP contribution in [0.3, 0.4) is 0 Å². The molecule has 0 saturated heterocycles. The highest BCUT2D eigenvalue weighted by Crippen LogP contribution is 2.40. The second kappa shape index (κ2) is 15.4. The van der Waals surface area contributed by atoms with Crippen molar-refractivity contribution in [3.63, 3.8) is 0 Å². The Morgan fingerprint density at radius 1 is 0.763 bits per heavy atom. The molecule has 2 saturated carbocycles. The van der Waals surface area contributed by atoms with Gasteiger partial charge >= 0.3 is 0 Å². The summed E-state index contributed by atoms with van der Waals surface area (Å²) < 4.78 is 40.6. The Morgan fingerprint density at radius 2 is 1.53 bits per heavy atom. The molecule has 2 nitrogen and oxygen atoms in total. The van der Waals surface area contributed by atoms with Gasteiger partial charge in [-0.25, -0.2) is 4.39 Å². The van der Waals surface area contributed by atoms with Gasteiger partial charge in [0.1, 0.15) is 0 Å². The molecule has 0 N–H and O–H groups in total. The molecule has 0 heterocycles. The first-order valence-corrected chi connectivity index (χ1v) is 16.0. The van der Waals surface area contributed by atoms with Crippen LogP contribution in [0.4, 0.5) is 8.78 Å². The Kier molecular flexibility index (Phi) is 12.0. The highest BCUT2D eigenvalue weighted by atomic mass is 19.2. The summed E-state index contributed by atoms with van der Waals surface area (Å²) >= 11 is 0. The molecule has 0 aliphatic heterocycles. The Balaban J connectivity index is 1.13. The monoisotopic (exact) mass is 530 g/mol. The van der Waals surface area contributed by atoms with E-state index in [4.69, 9.17) is 9.47 Å². The lowest BCUT2D eigenvalue weighted by Crippen LogP contribution is -2.26. The lowest BCUT2D eigenvalue weighted by atomic mass is 9.71. The highest BCUT2D eigenvalue weighted by Gasteiger charge is 2.29. The lowest BCUT2D eigenvalue weighted by Gasteiger charge is -2.35. The average molecular weight is 531 g/mol. The fourth-order valence-corrected chi connectivity index (χ4v) is 7.24. The molecule has 4 rings (SSSR count). The van der Waals surface area contributed by atoms with Gasteiger partial charge in [-0.05, 0) is 138 Å². The number of rotatable bonds is 13. The molecule has 1 aromatic carbocycles. The van der Waals surface area contributed by atoms with E-state index in [2.05, 4.69) is 26.0 Å². The summed E-state index contributed by atoms with van der Waals surface area (Å²) in [5, 5.41) is 0. The van der Waals surface area contributed by atoms with Crippen molar-refractivity contribution < 1.29 is 18.3 Å². The van der Waals surface area contributed by atoms with Crippen molar-refractivity contribution >= 4 is 0 Å². The van der Waals surface area contributed by atoms with E-state index >= 15 is 0 Å². The molecular weight excluding hydrogens is 478 g/mol. The van der Waals surface area contributed by atoms with Gasteiger partial charge in [0.05, 0.1) is 12.7 Å². The molecule has 2 unspecified atom stereocenters. The number of benzene rings is 1. The van der Waals surface area contributed by atoms with Crippen LogP contribution in [0.5, 0.6) is 5.75 Å². The topological polar surface area (TPSA) is 18.5 Å². The van der Waals surface area contributed by atoms with Gasteiger partial charge in [0.15, 0.2) is 11.6 Å². The van der Waals surface area contributed by atoms with Gasteiger partial charge in [-0.15, -0.1) is 0 Å². The zero-order valence-electron chi connectivity index (χ0n) is 24.1. The van der Waals surface area contributed by atoms with Crippen LogP contribution in [0.1, 0.15) is 116 Å². The van der Waals surface area contributed by atoms with Crippen LogP contribution in [0, 0.1) is 41.2 Å². The SMILES string of the molecule is CCCCCc1ccc(OCC2CCC(C3C=CC(CCC4CCC(OCC)CC4)CC3)CC2)c(F)c1F. The summed E-state index contributed by atoms with van der Waals surface area (Å²) in [7, 11) is 0. The molecule has 0 bridgehead atoms. The smallest absolute Gasteiger partial charge is 0.200 e. The van der Waals surface area contributed by atoms with Crippen LogP contribution in [-0.2, 0) is 11.2 Å². The first-order valence-electron chi connectivity index (χ1n) is 16.0. The Labute approximate surface area is 231 Å². The first kappa shape index (κ1) is 29.6. The Bertz CT molecular complexity index is 852. The molecule has 2 fully saturated rings. The second-order valence-corrected chi connectivity index (χ2v) is 12.5. The Morgan fingerprint density at radius 3 is 2.21 bits per heavy atom. The predicted molar refractivity (Wildman–Crippen MR) is 152 cm³/mol. The van der Waals surface area contributed by atoms with Crippen molar-refractivity contribution in [2.24, 2.45) is 29.6 Å². The zero-order chi connectivity index (χ0) is 26.7. The zero-order valence-corrected chi connectivity index (χ0v) is 24.1. The molecule has 0 radical (unpaired) electrons. The van der Waals surface area contributed by atoms with E-state index < -0.39 is 11.6 Å². The molecule has 214 valence electrons. The molecule has 38 heavy (non-hydrogen) atoms. The van der Waals surface area contributed by atoms with Gasteiger partial charge in [-0.3, -0.25) is 0 Å². The van der Waals surface area contributed by atoms with Gasteiger partial charge in [0, 0.05) is 6.61 Å². The fraction of sp³-hybridized carbons (Fsp3) is 0.765. The average Bonchev–Trinajstić information content (AvgIpc) is 2.95. The summed E-state index contributed by atoms with van der Waals surface area (Å²) in [5.74, 6) is 2.16. The number of aryl methyl sites for hydroxylation is 1. The first-order chi connectivity index (χ1) is 18.6. The molecule has 0 aromatic heterocycles. The second-order valence-electron chi connectivity index (χ2n) is 12.5. The van der Waals surface area contributed by atoms with E-state index in [1.165, 1.54) is 64.2 Å². The van der Waals surface area contributed by atoms with Crippen molar-refractivity contribution in [2.45, 2.75) is 123 Å². The van der Waals surface area contributed by atoms with Crippen LogP contribution < -0.4 is 4.74 Å². The van der Waals surface area contributed by atoms with E-state index in [9.17, 15) is 8.78 Å². The maximum Gasteiger partial charge on any atom is 0.200 e. The van der Waals surface area contributed by atoms with Crippen molar-refractivity contribution in [3.05, 3.63) is 41.5 Å². The summed E-state index contributed by atoms with van der Waals surface area (Å²) in [6.07, 6.45) is 24.5. The number of hydrogen-bond acceptors (Lipinski definition) is 2. The Hall–Kier alpha value is -1.42. The number of ether oxygens (including phenoxy) is 2. The van der Waals surface area contributed by atoms with Gasteiger partial charge in [-0.1, -0.05) is 38.0 Å². The number of halogens is 2. The molecule has 1 aromatic rings. The molecular formula is C34H52F2O2. The summed E-state index contributed by atoms with van der Waals surface area (Å²) in [6.45, 7) is 5.57. The molecule has 2 atom stereocenters. The third kappa shape index (κ3) is 8.54. The lowest BCUT2D eigenvalue weighted by molar-refractivity contribution is 0.0242. The number of allylic oxidation sites excluding steroid dienone is 2. The van der Waals surface area contributed by atoms with E-state index in [0.29, 0.717) is 30.6 Å². The third-order valence-corrected chi connectivity index (χ3v) is 9.79. The number of hydrogen-bond donors (Lipinski definition) is 0. The third-order valence-electron chi connectivity index (χ3n) is 9.79.